The van der Waals surface area contributed by atoms with E-state index < -0.39 is 0 Å². The van der Waals surface area contributed by atoms with E-state index in [1.165, 1.54) is 36.1 Å². The molecule has 20 heavy (non-hydrogen) atoms. The fraction of sp³-hybridized carbons (Fsp3) is 0.706. The van der Waals surface area contributed by atoms with E-state index in [-0.39, 0.29) is 5.41 Å². The van der Waals surface area contributed by atoms with Crippen LogP contribution in [-0.4, -0.2) is 49.3 Å². The summed E-state index contributed by atoms with van der Waals surface area (Å²) < 4.78 is 0. The Labute approximate surface area is 123 Å². The number of allylic oxidation sites excluding steroid dienone is 3. The average Bonchev–Trinajstić information content (AvgIpc) is 2.37. The Morgan fingerprint density at radius 1 is 1.20 bits per heavy atom. The van der Waals surface area contributed by atoms with Gasteiger partial charge in [-0.15, -0.1) is 0 Å². The van der Waals surface area contributed by atoms with Gasteiger partial charge in [-0.25, -0.2) is 0 Å². The normalized spacial score (nSPS) is 25.0. The highest BCUT2D eigenvalue weighted by atomic mass is 16.1. The average molecular weight is 276 g/mol. The minimum atomic E-state index is 0.181. The van der Waals surface area contributed by atoms with E-state index in [0.717, 1.165) is 32.5 Å². The molecule has 1 saturated heterocycles. The number of hydrogen-bond donors (Lipinski definition) is 0. The Morgan fingerprint density at radius 3 is 2.40 bits per heavy atom. The third-order valence-electron chi connectivity index (χ3n) is 4.78. The summed E-state index contributed by atoms with van der Waals surface area (Å²) in [5.41, 5.74) is 4.24. The van der Waals surface area contributed by atoms with Crippen LogP contribution in [0, 0.1) is 5.41 Å². The van der Waals surface area contributed by atoms with Crippen molar-refractivity contribution in [2.45, 2.75) is 40.0 Å². The second kappa shape index (κ2) is 6.13. The van der Waals surface area contributed by atoms with Gasteiger partial charge in [-0.3, -0.25) is 4.79 Å². The zero-order chi connectivity index (χ0) is 14.8. The standard InChI is InChI=1S/C17H28N2O/c1-14-6-5-8-17(2,3)16(14)15(7-13-20)19-11-9-18(4)10-12-19/h7,13H,5-6,8-12H2,1-4H3. The van der Waals surface area contributed by atoms with Gasteiger partial charge in [0.25, 0.3) is 0 Å². The molecule has 2 rings (SSSR count). The molecule has 3 nitrogen and oxygen atoms in total. The summed E-state index contributed by atoms with van der Waals surface area (Å²) in [5.74, 6) is 0. The first-order valence-electron chi connectivity index (χ1n) is 7.75. The fourth-order valence-corrected chi connectivity index (χ4v) is 3.65. The van der Waals surface area contributed by atoms with Gasteiger partial charge in [-0.2, -0.15) is 0 Å². The SMILES string of the molecule is CC1=C(C(=CC=O)N2CCN(C)CC2)C(C)(C)CCC1. The van der Waals surface area contributed by atoms with Crippen molar-refractivity contribution in [1.29, 1.82) is 0 Å². The van der Waals surface area contributed by atoms with Crippen LogP contribution in [0.1, 0.15) is 40.0 Å². The van der Waals surface area contributed by atoms with Crippen molar-refractivity contribution in [1.82, 2.24) is 9.80 Å². The molecule has 0 aromatic rings. The van der Waals surface area contributed by atoms with Gasteiger partial charge in [-0.05, 0) is 44.2 Å². The lowest BCUT2D eigenvalue weighted by molar-refractivity contribution is -0.104. The largest absolute Gasteiger partial charge is 0.369 e. The quantitative estimate of drug-likeness (QED) is 0.585. The number of carbonyl (C=O) groups is 1. The molecule has 1 fully saturated rings. The molecule has 0 saturated carbocycles. The summed E-state index contributed by atoms with van der Waals surface area (Å²) in [4.78, 5) is 15.9. The number of hydrogen-bond acceptors (Lipinski definition) is 3. The summed E-state index contributed by atoms with van der Waals surface area (Å²) >= 11 is 0. The first-order valence-corrected chi connectivity index (χ1v) is 7.75. The van der Waals surface area contributed by atoms with Crippen molar-refractivity contribution < 1.29 is 4.79 Å². The smallest absolute Gasteiger partial charge is 0.144 e. The molecule has 2 aliphatic rings. The van der Waals surface area contributed by atoms with E-state index in [4.69, 9.17) is 0 Å². The molecule has 0 atom stereocenters. The molecule has 112 valence electrons. The Kier molecular flexibility index (Phi) is 4.69. The second-order valence-corrected chi connectivity index (χ2v) is 6.87. The van der Waals surface area contributed by atoms with E-state index >= 15 is 0 Å². The van der Waals surface area contributed by atoms with Crippen molar-refractivity contribution in [3.63, 3.8) is 0 Å². The van der Waals surface area contributed by atoms with Crippen LogP contribution in [0.25, 0.3) is 0 Å². The lowest BCUT2D eigenvalue weighted by Crippen LogP contribution is -2.45. The third-order valence-corrected chi connectivity index (χ3v) is 4.78. The molecule has 0 aromatic heterocycles. The minimum Gasteiger partial charge on any atom is -0.369 e. The minimum absolute atomic E-state index is 0.181. The Balaban J connectivity index is 2.33. The molecule has 3 heteroatoms. The van der Waals surface area contributed by atoms with Crippen LogP contribution >= 0.6 is 0 Å². The van der Waals surface area contributed by atoms with E-state index in [1.54, 1.807) is 6.08 Å². The van der Waals surface area contributed by atoms with Crippen molar-refractivity contribution in [3.05, 3.63) is 22.9 Å². The molecule has 1 heterocycles. The summed E-state index contributed by atoms with van der Waals surface area (Å²) in [6.45, 7) is 11.1. The zero-order valence-corrected chi connectivity index (χ0v) is 13.4. The summed E-state index contributed by atoms with van der Waals surface area (Å²) in [6, 6.07) is 0. The highest BCUT2D eigenvalue weighted by Gasteiger charge is 2.33. The monoisotopic (exact) mass is 276 g/mol. The fourth-order valence-electron chi connectivity index (χ4n) is 3.65. The molecular formula is C17H28N2O. The molecule has 0 radical (unpaired) electrons. The van der Waals surface area contributed by atoms with Crippen LogP contribution in [0.5, 0.6) is 0 Å². The number of carbonyl (C=O) groups excluding carboxylic acids is 1. The Bertz CT molecular complexity index is 426. The Morgan fingerprint density at radius 2 is 1.85 bits per heavy atom. The maximum absolute atomic E-state index is 11.1. The van der Waals surface area contributed by atoms with Crippen LogP contribution in [0.15, 0.2) is 22.9 Å². The van der Waals surface area contributed by atoms with Gasteiger partial charge in [0.15, 0.2) is 0 Å². The van der Waals surface area contributed by atoms with Crippen molar-refractivity contribution in [2.75, 3.05) is 33.2 Å². The molecule has 1 aliphatic heterocycles. The van der Waals surface area contributed by atoms with Crippen LogP contribution in [0.2, 0.25) is 0 Å². The van der Waals surface area contributed by atoms with Crippen LogP contribution in [0.4, 0.5) is 0 Å². The van der Waals surface area contributed by atoms with Gasteiger partial charge in [0.2, 0.25) is 0 Å². The van der Waals surface area contributed by atoms with E-state index in [1.807, 2.05) is 0 Å². The predicted octanol–water partition coefficient (Wildman–Crippen LogP) is 2.84. The first-order chi connectivity index (χ1) is 9.45. The highest BCUT2D eigenvalue weighted by molar-refractivity contribution is 5.68. The second-order valence-electron chi connectivity index (χ2n) is 6.87. The van der Waals surface area contributed by atoms with Crippen molar-refractivity contribution >= 4 is 6.29 Å². The molecule has 1 aliphatic carbocycles. The van der Waals surface area contributed by atoms with E-state index in [9.17, 15) is 4.79 Å². The van der Waals surface area contributed by atoms with E-state index in [2.05, 4.69) is 37.6 Å². The molecule has 0 aromatic carbocycles. The lowest BCUT2D eigenvalue weighted by atomic mass is 9.71. The number of rotatable bonds is 3. The van der Waals surface area contributed by atoms with Gasteiger partial charge in [-0.1, -0.05) is 19.4 Å². The number of piperazine rings is 1. The van der Waals surface area contributed by atoms with Gasteiger partial charge >= 0.3 is 0 Å². The maximum Gasteiger partial charge on any atom is 0.144 e. The first kappa shape index (κ1) is 15.3. The molecule has 0 bridgehead atoms. The number of nitrogens with zero attached hydrogens (tertiary/aromatic N) is 2. The highest BCUT2D eigenvalue weighted by Crippen LogP contribution is 2.44. The van der Waals surface area contributed by atoms with Crippen molar-refractivity contribution in [3.8, 4) is 0 Å². The van der Waals surface area contributed by atoms with Crippen LogP contribution < -0.4 is 0 Å². The lowest BCUT2D eigenvalue weighted by Gasteiger charge is -2.42. The van der Waals surface area contributed by atoms with Gasteiger partial charge in [0.05, 0.1) is 0 Å². The molecule has 0 N–H and O–H groups in total. The van der Waals surface area contributed by atoms with Crippen molar-refractivity contribution in [2.24, 2.45) is 5.41 Å². The maximum atomic E-state index is 11.1. The van der Waals surface area contributed by atoms with E-state index in [0.29, 0.717) is 0 Å². The van der Waals surface area contributed by atoms with Gasteiger partial charge in [0, 0.05) is 38.0 Å². The predicted molar refractivity (Wildman–Crippen MR) is 83.5 cm³/mol. The van der Waals surface area contributed by atoms with Crippen LogP contribution in [0.3, 0.4) is 0 Å². The molecule has 0 unspecified atom stereocenters. The summed E-state index contributed by atoms with van der Waals surface area (Å²) in [7, 11) is 2.16. The molecular weight excluding hydrogens is 248 g/mol. The zero-order valence-electron chi connectivity index (χ0n) is 13.4. The summed E-state index contributed by atoms with van der Waals surface area (Å²) in [6.07, 6.45) is 6.39. The summed E-state index contributed by atoms with van der Waals surface area (Å²) in [5, 5.41) is 0. The van der Waals surface area contributed by atoms with Crippen LogP contribution in [-0.2, 0) is 4.79 Å². The number of likely N-dealkylation sites (N-methyl/N-ethyl adjacent to an activating group) is 1. The number of aldehydes is 1. The topological polar surface area (TPSA) is 23.6 Å². The Hall–Kier alpha value is -1.09. The van der Waals surface area contributed by atoms with Gasteiger partial charge < -0.3 is 9.80 Å². The molecule has 0 spiro atoms. The third kappa shape index (κ3) is 3.14. The van der Waals surface area contributed by atoms with Gasteiger partial charge in [0.1, 0.15) is 6.29 Å². The molecule has 0 amide bonds.